The van der Waals surface area contributed by atoms with E-state index < -0.39 is 47.6 Å². The van der Waals surface area contributed by atoms with Gasteiger partial charge in [0.15, 0.2) is 0 Å². The van der Waals surface area contributed by atoms with E-state index in [1.165, 1.54) is 49.6 Å². The maximum atomic E-state index is 14.4. The highest BCUT2D eigenvalue weighted by molar-refractivity contribution is 6.34. The molecule has 0 atom stereocenters. The van der Waals surface area contributed by atoms with Crippen LogP contribution >= 0.6 is 23.2 Å². The number of pyridine rings is 1. The average molecular weight is 600 g/mol. The van der Waals surface area contributed by atoms with E-state index in [9.17, 15) is 32.3 Å². The lowest BCUT2D eigenvalue weighted by Crippen LogP contribution is -2.36. The van der Waals surface area contributed by atoms with Crippen LogP contribution in [-0.2, 0) is 6.42 Å². The second-order valence-corrected chi connectivity index (χ2v) is 10.8. The van der Waals surface area contributed by atoms with Gasteiger partial charge in [0.1, 0.15) is 11.6 Å². The summed E-state index contributed by atoms with van der Waals surface area (Å²) in [5.74, 6) is -2.33. The van der Waals surface area contributed by atoms with Gasteiger partial charge in [-0.25, -0.2) is 9.37 Å². The van der Waals surface area contributed by atoms with Gasteiger partial charge in [-0.05, 0) is 48.4 Å². The molecule has 0 saturated heterocycles. The molecule has 6 nitrogen and oxygen atoms in total. The molecule has 1 heterocycles. The summed E-state index contributed by atoms with van der Waals surface area (Å²) in [5.41, 5.74) is -0.0704. The predicted octanol–water partition coefficient (Wildman–Crippen LogP) is 6.71. The van der Waals surface area contributed by atoms with E-state index in [2.05, 4.69) is 10.3 Å². The van der Waals surface area contributed by atoms with Crippen molar-refractivity contribution in [3.63, 3.8) is 0 Å². The first kappa shape index (κ1) is 31.3. The van der Waals surface area contributed by atoms with Crippen molar-refractivity contribution in [3.05, 3.63) is 81.2 Å². The first-order chi connectivity index (χ1) is 18.6. The van der Waals surface area contributed by atoms with Crippen molar-refractivity contribution >= 4 is 40.8 Å². The number of benzene rings is 2. The monoisotopic (exact) mass is 599 g/mol. The van der Waals surface area contributed by atoms with Gasteiger partial charge in [0.25, 0.3) is 11.8 Å². The van der Waals surface area contributed by atoms with Crippen LogP contribution in [0.3, 0.4) is 0 Å². The number of hydrogen-bond acceptors (Lipinski definition) is 4. The summed E-state index contributed by atoms with van der Waals surface area (Å²) in [6.07, 6.45) is -4.93. The van der Waals surface area contributed by atoms with Crippen LogP contribution in [0.25, 0.3) is 11.1 Å². The fourth-order valence-electron chi connectivity index (χ4n) is 3.74. The molecule has 0 saturated carbocycles. The molecular weight excluding hydrogens is 573 g/mol. The summed E-state index contributed by atoms with van der Waals surface area (Å²) < 4.78 is 53.9. The van der Waals surface area contributed by atoms with Crippen LogP contribution in [0.2, 0.25) is 10.0 Å². The second kappa shape index (κ2) is 12.5. The van der Waals surface area contributed by atoms with Gasteiger partial charge < -0.3 is 10.4 Å². The Morgan fingerprint density at radius 3 is 2.40 bits per heavy atom. The fourth-order valence-corrected chi connectivity index (χ4v) is 4.21. The number of aliphatic hydroxyl groups is 1. The maximum absolute atomic E-state index is 14.4. The molecule has 1 aromatic heterocycles. The summed E-state index contributed by atoms with van der Waals surface area (Å²) in [6.45, 7) is 3.61. The molecule has 0 aliphatic carbocycles. The van der Waals surface area contributed by atoms with E-state index in [4.69, 9.17) is 23.2 Å². The molecule has 0 unspecified atom stereocenters. The van der Waals surface area contributed by atoms with E-state index in [-0.39, 0.29) is 40.1 Å². The first-order valence-electron chi connectivity index (χ1n) is 12.1. The predicted molar refractivity (Wildman–Crippen MR) is 146 cm³/mol. The third-order valence-electron chi connectivity index (χ3n) is 6.11. The summed E-state index contributed by atoms with van der Waals surface area (Å²) >= 11 is 12.4. The Balaban J connectivity index is 2.02. The smallest absolute Gasteiger partial charge is 0.389 e. The molecule has 0 aliphatic heterocycles. The number of anilines is 1. The largest absolute Gasteiger partial charge is 0.396 e. The third kappa shape index (κ3) is 7.71. The number of carbonyl (C=O) groups is 2. The molecule has 0 aliphatic rings. The fraction of sp³-hybridized carbons (Fsp3) is 0.321. The Bertz CT molecular complexity index is 1390. The van der Waals surface area contributed by atoms with Crippen LogP contribution in [0.15, 0.2) is 48.7 Å². The van der Waals surface area contributed by atoms with Crippen molar-refractivity contribution in [3.8, 4) is 11.1 Å². The van der Waals surface area contributed by atoms with Gasteiger partial charge >= 0.3 is 6.18 Å². The number of rotatable bonds is 9. The van der Waals surface area contributed by atoms with Crippen LogP contribution in [-0.4, -0.2) is 48.3 Å². The molecule has 2 amide bonds. The maximum Gasteiger partial charge on any atom is 0.389 e. The van der Waals surface area contributed by atoms with Crippen molar-refractivity contribution in [2.24, 2.45) is 5.41 Å². The van der Waals surface area contributed by atoms with Crippen LogP contribution in [0, 0.1) is 11.2 Å². The highest BCUT2D eigenvalue weighted by atomic mass is 35.5. The van der Waals surface area contributed by atoms with Crippen LogP contribution in [0.1, 0.15) is 46.5 Å². The Morgan fingerprint density at radius 2 is 1.77 bits per heavy atom. The number of amides is 2. The first-order valence-corrected chi connectivity index (χ1v) is 12.9. The Labute approximate surface area is 238 Å². The van der Waals surface area contributed by atoms with E-state index in [1.54, 1.807) is 13.8 Å². The highest BCUT2D eigenvalue weighted by Gasteiger charge is 2.29. The quantitative estimate of drug-likeness (QED) is 0.268. The second-order valence-electron chi connectivity index (χ2n) is 9.98. The molecule has 12 heteroatoms. The van der Waals surface area contributed by atoms with Gasteiger partial charge in [-0.3, -0.25) is 14.5 Å². The van der Waals surface area contributed by atoms with Crippen molar-refractivity contribution in [1.29, 1.82) is 0 Å². The van der Waals surface area contributed by atoms with Gasteiger partial charge in [0.05, 0.1) is 10.6 Å². The molecule has 40 heavy (non-hydrogen) atoms. The minimum absolute atomic E-state index is 0.0498. The zero-order valence-corrected chi connectivity index (χ0v) is 23.4. The number of aliphatic hydroxyl groups excluding tert-OH is 1. The average Bonchev–Trinajstić information content (AvgIpc) is 2.89. The van der Waals surface area contributed by atoms with Crippen LogP contribution < -0.4 is 10.2 Å². The molecule has 3 aromatic rings. The molecule has 0 fully saturated rings. The van der Waals surface area contributed by atoms with E-state index in [0.29, 0.717) is 11.1 Å². The number of aryl methyl sites for hydroxylation is 1. The third-order valence-corrected chi connectivity index (χ3v) is 6.76. The highest BCUT2D eigenvalue weighted by Crippen LogP contribution is 2.34. The Morgan fingerprint density at radius 1 is 1.07 bits per heavy atom. The van der Waals surface area contributed by atoms with Gasteiger partial charge in [-0.1, -0.05) is 43.1 Å². The summed E-state index contributed by atoms with van der Waals surface area (Å²) in [4.78, 5) is 31.0. The Kier molecular flexibility index (Phi) is 9.81. The van der Waals surface area contributed by atoms with E-state index in [0.717, 1.165) is 11.0 Å². The van der Waals surface area contributed by atoms with Crippen molar-refractivity contribution in [2.45, 2.75) is 32.9 Å². The summed E-state index contributed by atoms with van der Waals surface area (Å²) in [7, 11) is 1.26. The molecule has 0 radical (unpaired) electrons. The van der Waals surface area contributed by atoms with Gasteiger partial charge in [-0.2, -0.15) is 13.2 Å². The van der Waals surface area contributed by atoms with Gasteiger partial charge in [-0.15, -0.1) is 0 Å². The van der Waals surface area contributed by atoms with Gasteiger partial charge in [0.2, 0.25) is 0 Å². The molecule has 2 N–H and O–H groups in total. The zero-order chi connectivity index (χ0) is 29.8. The number of aromatic nitrogens is 1. The lowest BCUT2D eigenvalue weighted by Gasteiger charge is -2.22. The zero-order valence-electron chi connectivity index (χ0n) is 21.9. The molecule has 2 aromatic carbocycles. The molecule has 3 rings (SSSR count). The number of carbonyl (C=O) groups excluding carboxylic acids is 2. The topological polar surface area (TPSA) is 82.5 Å². The van der Waals surface area contributed by atoms with Crippen LogP contribution in [0.5, 0.6) is 0 Å². The number of nitrogens with one attached hydrogen (secondary N) is 1. The molecule has 0 bridgehead atoms. The molecule has 214 valence electrons. The lowest BCUT2D eigenvalue weighted by molar-refractivity contribution is -0.133. The van der Waals surface area contributed by atoms with Crippen molar-refractivity contribution < 1.29 is 32.3 Å². The normalized spacial score (nSPS) is 11.8. The summed E-state index contributed by atoms with van der Waals surface area (Å²) in [6, 6.07) is 9.53. The standard InChI is InChI=1S/C28H27Cl2F4N3O3/c1-27(2,15-38)14-36-25(39)17-7-8-20(29)19(12-17)18-11-16(9-10-28(32,33)34)24(35-13-18)37(3)26(40)23-21(30)5-4-6-22(23)31/h4-8,11-13,38H,9-10,14-15H2,1-3H3,(H,36,39). The van der Waals surface area contributed by atoms with E-state index >= 15 is 0 Å². The minimum atomic E-state index is -4.50. The van der Waals surface area contributed by atoms with E-state index in [1.807, 2.05) is 0 Å². The van der Waals surface area contributed by atoms with Crippen molar-refractivity contribution in [2.75, 3.05) is 25.1 Å². The summed E-state index contributed by atoms with van der Waals surface area (Å²) in [5, 5.41) is 12.2. The van der Waals surface area contributed by atoms with Gasteiger partial charge in [0, 0.05) is 59.9 Å². The lowest BCUT2D eigenvalue weighted by atomic mass is 9.95. The Hall–Kier alpha value is -3.21. The minimum Gasteiger partial charge on any atom is -0.396 e. The molecular formula is C28H27Cl2F4N3O3. The number of halogens is 6. The molecule has 0 spiro atoms. The number of nitrogens with zero attached hydrogens (tertiary/aromatic N) is 2. The number of alkyl halides is 3. The number of hydrogen-bond donors (Lipinski definition) is 2. The van der Waals surface area contributed by atoms with Crippen molar-refractivity contribution in [1.82, 2.24) is 10.3 Å². The van der Waals surface area contributed by atoms with Crippen LogP contribution in [0.4, 0.5) is 23.4 Å². The SMILES string of the molecule is CN(C(=O)c1c(F)cccc1Cl)c1ncc(-c2cc(C(=O)NCC(C)(C)CO)ccc2Cl)cc1CCC(F)(F)F.